The summed E-state index contributed by atoms with van der Waals surface area (Å²) in [6.07, 6.45) is 1.01. The van der Waals surface area contributed by atoms with Crippen LogP contribution in [0.15, 0.2) is 53.1 Å². The summed E-state index contributed by atoms with van der Waals surface area (Å²) in [7, 11) is 0. The van der Waals surface area contributed by atoms with Crippen molar-refractivity contribution < 1.29 is 4.52 Å². The van der Waals surface area contributed by atoms with E-state index in [-0.39, 0.29) is 0 Å². The van der Waals surface area contributed by atoms with Crippen molar-refractivity contribution in [3.05, 3.63) is 54.1 Å². The summed E-state index contributed by atoms with van der Waals surface area (Å²) in [4.78, 5) is 4.41. The Kier molecular flexibility index (Phi) is 3.21. The summed E-state index contributed by atoms with van der Waals surface area (Å²) in [6, 6.07) is 15.6. The van der Waals surface area contributed by atoms with Crippen LogP contribution in [-0.4, -0.2) is 10.1 Å². The van der Waals surface area contributed by atoms with Gasteiger partial charge in [-0.15, -0.1) is 0 Å². The number of hydrogen-bond acceptors (Lipinski definition) is 4. The lowest BCUT2D eigenvalue weighted by Crippen LogP contribution is -1.86. The maximum atomic E-state index is 5.76. The molecule has 0 aliphatic carbocycles. The maximum absolute atomic E-state index is 5.76. The number of benzene rings is 2. The van der Waals surface area contributed by atoms with E-state index in [2.05, 4.69) is 29.2 Å². The molecule has 4 heteroatoms. The zero-order chi connectivity index (χ0) is 13.9. The first-order valence-electron chi connectivity index (χ1n) is 6.55. The van der Waals surface area contributed by atoms with Crippen molar-refractivity contribution in [2.24, 2.45) is 0 Å². The Morgan fingerprint density at radius 1 is 1.05 bits per heavy atom. The number of rotatable bonds is 3. The van der Waals surface area contributed by atoms with Crippen molar-refractivity contribution in [2.45, 2.75) is 13.3 Å². The summed E-state index contributed by atoms with van der Waals surface area (Å²) in [6.45, 7) is 2.13. The molecule has 0 bridgehead atoms. The number of nitrogens with two attached hydrogens (primary N) is 1. The second-order valence-electron chi connectivity index (χ2n) is 4.60. The van der Waals surface area contributed by atoms with Crippen LogP contribution in [0.3, 0.4) is 0 Å². The van der Waals surface area contributed by atoms with Crippen LogP contribution in [0.1, 0.15) is 12.5 Å². The lowest BCUT2D eigenvalue weighted by molar-refractivity contribution is 0.432. The molecule has 0 amide bonds. The van der Waals surface area contributed by atoms with Gasteiger partial charge in [-0.3, -0.25) is 0 Å². The minimum atomic E-state index is 0.479. The zero-order valence-corrected chi connectivity index (χ0v) is 11.2. The smallest absolute Gasteiger partial charge is 0.258 e. The Balaban J connectivity index is 1.93. The lowest BCUT2D eigenvalue weighted by Gasteiger charge is -1.97. The molecule has 0 spiro atoms. The highest BCUT2D eigenvalue weighted by Gasteiger charge is 2.10. The highest BCUT2D eigenvalue weighted by molar-refractivity contribution is 5.62. The predicted octanol–water partition coefficient (Wildman–Crippen LogP) is 3.55. The molecule has 1 heterocycles. The van der Waals surface area contributed by atoms with Crippen molar-refractivity contribution in [2.75, 3.05) is 5.73 Å². The number of aryl methyl sites for hydroxylation is 1. The fourth-order valence-corrected chi connectivity index (χ4v) is 2.02. The van der Waals surface area contributed by atoms with Gasteiger partial charge in [-0.1, -0.05) is 42.4 Å². The van der Waals surface area contributed by atoms with Gasteiger partial charge in [0.2, 0.25) is 5.82 Å². The van der Waals surface area contributed by atoms with E-state index in [1.165, 1.54) is 5.56 Å². The van der Waals surface area contributed by atoms with E-state index >= 15 is 0 Å². The lowest BCUT2D eigenvalue weighted by atomic mass is 10.1. The first kappa shape index (κ1) is 12.4. The van der Waals surface area contributed by atoms with Gasteiger partial charge in [0.05, 0.1) is 0 Å². The van der Waals surface area contributed by atoms with Gasteiger partial charge in [0.25, 0.3) is 5.89 Å². The SMILES string of the molecule is CCc1ccc(-c2noc(-c3cccc(N)c3)n2)cc1. The summed E-state index contributed by atoms with van der Waals surface area (Å²) in [5.41, 5.74) is 9.49. The number of anilines is 1. The van der Waals surface area contributed by atoms with Crippen LogP contribution in [0.2, 0.25) is 0 Å². The molecule has 3 aromatic rings. The molecular formula is C16H15N3O. The highest BCUT2D eigenvalue weighted by atomic mass is 16.5. The fraction of sp³-hybridized carbons (Fsp3) is 0.125. The minimum Gasteiger partial charge on any atom is -0.399 e. The molecule has 20 heavy (non-hydrogen) atoms. The van der Waals surface area contributed by atoms with Crippen molar-refractivity contribution in [1.82, 2.24) is 10.1 Å². The number of aromatic nitrogens is 2. The van der Waals surface area contributed by atoms with Gasteiger partial charge in [-0.2, -0.15) is 4.98 Å². The molecule has 3 rings (SSSR count). The van der Waals surface area contributed by atoms with Crippen LogP contribution in [0.4, 0.5) is 5.69 Å². The van der Waals surface area contributed by atoms with Gasteiger partial charge >= 0.3 is 0 Å². The van der Waals surface area contributed by atoms with Crippen molar-refractivity contribution in [3.63, 3.8) is 0 Å². The summed E-state index contributed by atoms with van der Waals surface area (Å²) in [5.74, 6) is 1.07. The maximum Gasteiger partial charge on any atom is 0.258 e. The average molecular weight is 265 g/mol. The van der Waals surface area contributed by atoms with E-state index in [4.69, 9.17) is 10.3 Å². The first-order valence-corrected chi connectivity index (χ1v) is 6.55. The van der Waals surface area contributed by atoms with Gasteiger partial charge in [0.1, 0.15) is 0 Å². The third-order valence-corrected chi connectivity index (χ3v) is 3.18. The van der Waals surface area contributed by atoms with Gasteiger partial charge in [-0.05, 0) is 30.2 Å². The van der Waals surface area contributed by atoms with E-state index < -0.39 is 0 Å². The molecule has 100 valence electrons. The predicted molar refractivity (Wildman–Crippen MR) is 79.0 cm³/mol. The van der Waals surface area contributed by atoms with Crippen LogP contribution in [0.25, 0.3) is 22.8 Å². The van der Waals surface area contributed by atoms with Gasteiger partial charge in [-0.25, -0.2) is 0 Å². The number of nitrogens with zero attached hydrogens (tertiary/aromatic N) is 2. The third-order valence-electron chi connectivity index (χ3n) is 3.18. The first-order chi connectivity index (χ1) is 9.76. The third kappa shape index (κ3) is 2.40. The van der Waals surface area contributed by atoms with Crippen LogP contribution >= 0.6 is 0 Å². The summed E-state index contributed by atoms with van der Waals surface area (Å²) < 4.78 is 5.30. The van der Waals surface area contributed by atoms with Crippen molar-refractivity contribution in [1.29, 1.82) is 0 Å². The molecule has 0 aliphatic heterocycles. The molecular weight excluding hydrogens is 250 g/mol. The topological polar surface area (TPSA) is 64.9 Å². The second-order valence-corrected chi connectivity index (χ2v) is 4.60. The van der Waals surface area contributed by atoms with Gasteiger partial charge < -0.3 is 10.3 Å². The van der Waals surface area contributed by atoms with Crippen LogP contribution in [0, 0.1) is 0 Å². The Bertz CT molecular complexity index is 717. The quantitative estimate of drug-likeness (QED) is 0.735. The van der Waals surface area contributed by atoms with E-state index in [0.717, 1.165) is 17.5 Å². The Labute approximate surface area is 117 Å². The molecule has 0 atom stereocenters. The summed E-state index contributed by atoms with van der Waals surface area (Å²) in [5, 5.41) is 4.02. The van der Waals surface area contributed by atoms with Gasteiger partial charge in [0, 0.05) is 16.8 Å². The normalized spacial score (nSPS) is 10.7. The average Bonchev–Trinajstić information content (AvgIpc) is 2.97. The molecule has 2 aromatic carbocycles. The zero-order valence-electron chi connectivity index (χ0n) is 11.2. The van der Waals surface area contributed by atoms with E-state index in [1.807, 2.05) is 36.4 Å². The Morgan fingerprint density at radius 2 is 1.85 bits per heavy atom. The molecule has 0 saturated heterocycles. The molecule has 0 saturated carbocycles. The Morgan fingerprint density at radius 3 is 2.55 bits per heavy atom. The summed E-state index contributed by atoms with van der Waals surface area (Å²) >= 11 is 0. The molecule has 0 unspecified atom stereocenters. The van der Waals surface area contributed by atoms with E-state index in [1.54, 1.807) is 0 Å². The van der Waals surface area contributed by atoms with Gasteiger partial charge in [0.15, 0.2) is 0 Å². The highest BCUT2D eigenvalue weighted by Crippen LogP contribution is 2.23. The molecule has 1 aromatic heterocycles. The largest absolute Gasteiger partial charge is 0.399 e. The fourth-order valence-electron chi connectivity index (χ4n) is 2.02. The molecule has 4 nitrogen and oxygen atoms in total. The molecule has 0 radical (unpaired) electrons. The molecule has 0 aliphatic rings. The second kappa shape index (κ2) is 5.17. The van der Waals surface area contributed by atoms with Crippen LogP contribution in [-0.2, 0) is 6.42 Å². The van der Waals surface area contributed by atoms with Crippen molar-refractivity contribution >= 4 is 5.69 Å². The van der Waals surface area contributed by atoms with Crippen LogP contribution < -0.4 is 5.73 Å². The molecule has 0 fully saturated rings. The minimum absolute atomic E-state index is 0.479. The Hall–Kier alpha value is -2.62. The monoisotopic (exact) mass is 265 g/mol. The number of hydrogen-bond donors (Lipinski definition) is 1. The van der Waals surface area contributed by atoms with Crippen LogP contribution in [0.5, 0.6) is 0 Å². The molecule has 2 N–H and O–H groups in total. The standard InChI is InChI=1S/C16H15N3O/c1-2-11-6-8-12(9-7-11)15-18-16(20-19-15)13-4-3-5-14(17)10-13/h3-10H,2,17H2,1H3. The van der Waals surface area contributed by atoms with E-state index in [0.29, 0.717) is 17.4 Å². The van der Waals surface area contributed by atoms with Crippen molar-refractivity contribution in [3.8, 4) is 22.8 Å². The number of nitrogen functional groups attached to an aromatic ring is 1. The van der Waals surface area contributed by atoms with E-state index in [9.17, 15) is 0 Å².